The van der Waals surface area contributed by atoms with Gasteiger partial charge in [-0.2, -0.15) is 4.98 Å². The summed E-state index contributed by atoms with van der Waals surface area (Å²) in [6.45, 7) is 3.77. The Kier molecular flexibility index (Phi) is 4.32. The van der Waals surface area contributed by atoms with Crippen molar-refractivity contribution in [2.75, 3.05) is 5.32 Å². The second-order valence-corrected chi connectivity index (χ2v) is 7.03. The molecule has 10 heteroatoms. The van der Waals surface area contributed by atoms with Gasteiger partial charge >= 0.3 is 0 Å². The second kappa shape index (κ2) is 6.80. The number of nitrogens with one attached hydrogen (secondary N) is 1. The molecular weight excluding hydrogens is 364 g/mol. The van der Waals surface area contributed by atoms with Crippen LogP contribution in [0.4, 0.5) is 5.69 Å². The lowest BCUT2D eigenvalue weighted by Crippen LogP contribution is -2.14. The van der Waals surface area contributed by atoms with Crippen molar-refractivity contribution < 1.29 is 4.79 Å². The largest absolute Gasteiger partial charge is 0.319 e. The zero-order chi connectivity index (χ0) is 19.0. The van der Waals surface area contributed by atoms with Crippen molar-refractivity contribution in [2.24, 2.45) is 7.05 Å². The number of amides is 1. The van der Waals surface area contributed by atoms with E-state index >= 15 is 0 Å². The van der Waals surface area contributed by atoms with Crippen LogP contribution in [0.1, 0.15) is 22.0 Å². The lowest BCUT2D eigenvalue weighted by atomic mass is 10.3. The SMILES string of the molecule is Cc1cc(C)n2nc(C(=O)Nc3ccc(Sc4nncn4C)cc3)nc2n1. The van der Waals surface area contributed by atoms with Gasteiger partial charge in [0.1, 0.15) is 6.33 Å². The number of rotatable bonds is 4. The summed E-state index contributed by atoms with van der Waals surface area (Å²) in [7, 11) is 1.89. The lowest BCUT2D eigenvalue weighted by Gasteiger charge is -2.04. The molecule has 0 atom stereocenters. The number of hydrogen-bond acceptors (Lipinski definition) is 7. The fourth-order valence-electron chi connectivity index (χ4n) is 2.53. The highest BCUT2D eigenvalue weighted by atomic mass is 32.2. The molecule has 0 aliphatic carbocycles. The van der Waals surface area contributed by atoms with Crippen molar-refractivity contribution in [1.82, 2.24) is 34.3 Å². The Morgan fingerprint density at radius 3 is 2.63 bits per heavy atom. The van der Waals surface area contributed by atoms with Gasteiger partial charge in [-0.3, -0.25) is 4.79 Å². The van der Waals surface area contributed by atoms with Crippen molar-refractivity contribution in [3.8, 4) is 0 Å². The first-order valence-corrected chi connectivity index (χ1v) is 8.95. The molecule has 136 valence electrons. The van der Waals surface area contributed by atoms with Crippen molar-refractivity contribution >= 4 is 29.1 Å². The van der Waals surface area contributed by atoms with Crippen LogP contribution in [0, 0.1) is 13.8 Å². The quantitative estimate of drug-likeness (QED) is 0.579. The molecule has 0 radical (unpaired) electrons. The molecule has 0 saturated carbocycles. The summed E-state index contributed by atoms with van der Waals surface area (Å²) in [5.74, 6) is 0.105. The smallest absolute Gasteiger partial charge is 0.295 e. The summed E-state index contributed by atoms with van der Waals surface area (Å²) in [5, 5.41) is 15.7. The molecule has 0 aliphatic rings. The third-order valence-electron chi connectivity index (χ3n) is 3.81. The Morgan fingerprint density at radius 1 is 1.15 bits per heavy atom. The maximum atomic E-state index is 12.5. The molecule has 4 aromatic rings. The first-order chi connectivity index (χ1) is 13.0. The Balaban J connectivity index is 1.49. The van der Waals surface area contributed by atoms with Gasteiger partial charge in [0.25, 0.3) is 11.7 Å². The number of fused-ring (bicyclic) bond motifs is 1. The number of hydrogen-bond donors (Lipinski definition) is 1. The molecule has 0 spiro atoms. The van der Waals surface area contributed by atoms with Gasteiger partial charge in [0.05, 0.1) is 0 Å². The molecule has 0 bridgehead atoms. The Labute approximate surface area is 158 Å². The summed E-state index contributed by atoms with van der Waals surface area (Å²) in [4.78, 5) is 22.0. The maximum absolute atomic E-state index is 12.5. The summed E-state index contributed by atoms with van der Waals surface area (Å²) in [5.41, 5.74) is 2.35. The molecule has 1 amide bonds. The van der Waals surface area contributed by atoms with Gasteiger partial charge in [-0.05, 0) is 55.9 Å². The number of aryl methyl sites for hydroxylation is 3. The first kappa shape index (κ1) is 17.2. The standard InChI is InChI=1S/C17H16N8OS/c1-10-8-11(2)25-16(19-10)21-14(23-25)15(26)20-12-4-6-13(7-5-12)27-17-22-18-9-24(17)3/h4-9H,1-3H3,(H,20,26). The average molecular weight is 380 g/mol. The summed E-state index contributed by atoms with van der Waals surface area (Å²) < 4.78 is 3.40. The van der Waals surface area contributed by atoms with E-state index in [1.165, 1.54) is 11.8 Å². The van der Waals surface area contributed by atoms with E-state index in [1.807, 2.05) is 55.8 Å². The average Bonchev–Trinajstić information content (AvgIpc) is 3.23. The van der Waals surface area contributed by atoms with Gasteiger partial charge < -0.3 is 9.88 Å². The van der Waals surface area contributed by atoms with Crippen molar-refractivity contribution in [3.63, 3.8) is 0 Å². The minimum Gasteiger partial charge on any atom is -0.319 e. The maximum Gasteiger partial charge on any atom is 0.295 e. The van der Waals surface area contributed by atoms with E-state index in [0.717, 1.165) is 21.4 Å². The number of anilines is 1. The molecule has 0 fully saturated rings. The van der Waals surface area contributed by atoms with E-state index in [-0.39, 0.29) is 11.7 Å². The van der Waals surface area contributed by atoms with Crippen LogP contribution < -0.4 is 5.32 Å². The van der Waals surface area contributed by atoms with Gasteiger partial charge in [-0.15, -0.1) is 15.3 Å². The molecule has 3 heterocycles. The van der Waals surface area contributed by atoms with Crippen molar-refractivity contribution in [1.29, 1.82) is 0 Å². The zero-order valence-corrected chi connectivity index (χ0v) is 15.7. The highest BCUT2D eigenvalue weighted by molar-refractivity contribution is 7.99. The van der Waals surface area contributed by atoms with Gasteiger partial charge in [0.15, 0.2) is 5.16 Å². The summed E-state index contributed by atoms with van der Waals surface area (Å²) in [6.07, 6.45) is 1.65. The van der Waals surface area contributed by atoms with Crippen LogP contribution in [0.15, 0.2) is 46.7 Å². The van der Waals surface area contributed by atoms with Gasteiger partial charge in [0.2, 0.25) is 5.82 Å². The molecule has 0 unspecified atom stereocenters. The van der Waals surface area contributed by atoms with E-state index in [4.69, 9.17) is 0 Å². The van der Waals surface area contributed by atoms with E-state index in [2.05, 4.69) is 30.6 Å². The number of carbonyl (C=O) groups is 1. The fourth-order valence-corrected chi connectivity index (χ4v) is 3.29. The van der Waals surface area contributed by atoms with Crippen LogP contribution in [-0.2, 0) is 7.05 Å². The molecule has 0 saturated heterocycles. The molecule has 4 rings (SSSR count). The van der Waals surface area contributed by atoms with E-state index in [9.17, 15) is 4.79 Å². The van der Waals surface area contributed by atoms with Gasteiger partial charge in [-0.1, -0.05) is 0 Å². The van der Waals surface area contributed by atoms with Crippen LogP contribution >= 0.6 is 11.8 Å². The molecule has 27 heavy (non-hydrogen) atoms. The molecule has 9 nitrogen and oxygen atoms in total. The predicted molar refractivity (Wildman–Crippen MR) is 99.8 cm³/mol. The molecule has 1 N–H and O–H groups in total. The summed E-state index contributed by atoms with van der Waals surface area (Å²) in [6, 6.07) is 9.33. The van der Waals surface area contributed by atoms with Gasteiger partial charge in [-0.25, -0.2) is 9.50 Å². The normalized spacial score (nSPS) is 11.1. The van der Waals surface area contributed by atoms with Crippen LogP contribution in [0.2, 0.25) is 0 Å². The predicted octanol–water partition coefficient (Wildman–Crippen LogP) is 2.27. The Bertz CT molecular complexity index is 1130. The van der Waals surface area contributed by atoms with Crippen molar-refractivity contribution in [2.45, 2.75) is 23.9 Å². The van der Waals surface area contributed by atoms with Crippen LogP contribution in [0.25, 0.3) is 5.78 Å². The van der Waals surface area contributed by atoms with E-state index < -0.39 is 0 Å². The number of benzene rings is 1. The summed E-state index contributed by atoms with van der Waals surface area (Å²) >= 11 is 1.49. The number of aromatic nitrogens is 7. The Morgan fingerprint density at radius 2 is 1.93 bits per heavy atom. The monoisotopic (exact) mass is 380 g/mol. The number of carbonyl (C=O) groups excluding carboxylic acids is 1. The topological polar surface area (TPSA) is 103 Å². The molecule has 1 aromatic carbocycles. The molecular formula is C17H16N8OS. The lowest BCUT2D eigenvalue weighted by molar-refractivity contribution is 0.101. The van der Waals surface area contributed by atoms with E-state index in [0.29, 0.717) is 11.5 Å². The third kappa shape index (κ3) is 3.51. The molecule has 0 aliphatic heterocycles. The van der Waals surface area contributed by atoms with Crippen LogP contribution in [0.5, 0.6) is 0 Å². The zero-order valence-electron chi connectivity index (χ0n) is 14.9. The van der Waals surface area contributed by atoms with Gasteiger partial charge in [0, 0.05) is 29.0 Å². The Hall–Kier alpha value is -3.27. The number of nitrogens with zero attached hydrogens (tertiary/aromatic N) is 7. The minimum absolute atomic E-state index is 0.0775. The fraction of sp³-hybridized carbons (Fsp3) is 0.176. The molecule has 3 aromatic heterocycles. The highest BCUT2D eigenvalue weighted by Crippen LogP contribution is 2.26. The van der Waals surface area contributed by atoms with Crippen LogP contribution in [-0.4, -0.2) is 40.3 Å². The highest BCUT2D eigenvalue weighted by Gasteiger charge is 2.15. The third-order valence-corrected chi connectivity index (χ3v) is 4.87. The van der Waals surface area contributed by atoms with Crippen LogP contribution in [0.3, 0.4) is 0 Å². The van der Waals surface area contributed by atoms with Crippen molar-refractivity contribution in [3.05, 3.63) is 53.9 Å². The second-order valence-electron chi connectivity index (χ2n) is 5.99. The first-order valence-electron chi connectivity index (χ1n) is 8.14. The van der Waals surface area contributed by atoms with E-state index in [1.54, 1.807) is 10.8 Å². The minimum atomic E-state index is -0.383.